The molecule has 1 nitrogen and oxygen atoms in total. The van der Waals surface area contributed by atoms with Crippen molar-refractivity contribution in [2.45, 2.75) is 51.9 Å². The Morgan fingerprint density at radius 1 is 0.341 bits per heavy atom. The van der Waals surface area contributed by atoms with E-state index in [1.807, 2.05) is 0 Å². The Hall–Kier alpha value is -2.94. The lowest BCUT2D eigenvalue weighted by molar-refractivity contribution is 0.375. The van der Waals surface area contributed by atoms with Gasteiger partial charge in [-0.25, -0.2) is 65.9 Å². The molecule has 0 amide bonds. The van der Waals surface area contributed by atoms with Crippen molar-refractivity contribution in [2.75, 3.05) is 0 Å². The molecule has 0 atom stereocenters. The van der Waals surface area contributed by atoms with Gasteiger partial charge in [-0.3, -0.25) is 0 Å². The summed E-state index contributed by atoms with van der Waals surface area (Å²) in [5, 5.41) is -3.01. The summed E-state index contributed by atoms with van der Waals surface area (Å²) in [6, 6.07) is 0. The molecule has 44 heavy (non-hydrogen) atoms. The Morgan fingerprint density at radius 3 is 0.659 bits per heavy atom. The molecule has 0 N–H and O–H groups in total. The molecule has 0 aromatic heterocycles. The molecule has 0 saturated carbocycles. The van der Waals surface area contributed by atoms with Gasteiger partial charge in [0.05, 0.1) is 18.5 Å². The van der Waals surface area contributed by atoms with Gasteiger partial charge in [-0.2, -0.15) is 0 Å². The third-order valence-corrected chi connectivity index (χ3v) is 9.92. The summed E-state index contributed by atoms with van der Waals surface area (Å²) in [6.45, 7) is 7.35. The molecule has 0 radical (unpaired) electrons. The summed E-state index contributed by atoms with van der Waals surface area (Å²) in [6.07, 6.45) is -6.05. The smallest absolute Gasteiger partial charge is 0.262 e. The van der Waals surface area contributed by atoms with Gasteiger partial charge in [0, 0.05) is 0 Å². The summed E-state index contributed by atoms with van der Waals surface area (Å²) in [4.78, 5) is 0. The molecule has 3 aromatic carbocycles. The molecular formula is C26H19BF15OP. The van der Waals surface area contributed by atoms with Crippen LogP contribution in [0.4, 0.5) is 65.9 Å². The van der Waals surface area contributed by atoms with Gasteiger partial charge in [-0.1, -0.05) is 16.4 Å². The van der Waals surface area contributed by atoms with Gasteiger partial charge in [0.25, 0.3) is 6.35 Å². The minimum Gasteiger partial charge on any atom is -0.425 e. The molecule has 0 unspecified atom stereocenters. The first-order valence-corrected chi connectivity index (χ1v) is 13.5. The van der Waals surface area contributed by atoms with Gasteiger partial charge in [0.1, 0.15) is 34.9 Å². The van der Waals surface area contributed by atoms with Crippen LogP contribution in [-0.2, 0) is 4.44 Å². The second-order valence-electron chi connectivity index (χ2n) is 11.7. The van der Waals surface area contributed by atoms with E-state index in [0.717, 1.165) is 0 Å². The first-order valence-electron chi connectivity index (χ1n) is 12.1. The molecule has 0 saturated heterocycles. The zero-order valence-electron chi connectivity index (χ0n) is 23.2. The molecule has 0 aliphatic carbocycles. The van der Waals surface area contributed by atoms with Crippen LogP contribution < -0.4 is 16.4 Å². The van der Waals surface area contributed by atoms with Gasteiger partial charge >= 0.3 is 0 Å². The summed E-state index contributed by atoms with van der Waals surface area (Å²) in [5.74, 6) is -46.0. The minimum atomic E-state index is -6.05. The third-order valence-electron chi connectivity index (χ3n) is 6.61. The van der Waals surface area contributed by atoms with Crippen LogP contribution in [0.5, 0.6) is 0 Å². The lowest BCUT2D eigenvalue weighted by Gasteiger charge is -2.47. The van der Waals surface area contributed by atoms with Crippen molar-refractivity contribution in [3.63, 3.8) is 0 Å². The number of hydrogen-bond acceptors (Lipinski definition) is 1. The molecule has 242 valence electrons. The fourth-order valence-corrected chi connectivity index (χ4v) is 8.87. The van der Waals surface area contributed by atoms with E-state index in [1.54, 1.807) is 0 Å². The number of hydrogen-bond donors (Lipinski definition) is 0. The molecular weight excluding hydrogens is 655 g/mol. The first kappa shape index (κ1) is 35.5. The van der Waals surface area contributed by atoms with E-state index in [4.69, 9.17) is 4.44 Å². The van der Waals surface area contributed by atoms with Crippen LogP contribution in [-0.4, -0.2) is 16.7 Å². The van der Waals surface area contributed by atoms with Gasteiger partial charge in [0.15, 0.2) is 52.4 Å². The molecule has 0 heterocycles. The predicted molar refractivity (Wildman–Crippen MR) is 132 cm³/mol. The number of halogens is 15. The predicted octanol–water partition coefficient (Wildman–Crippen LogP) is 7.48. The highest BCUT2D eigenvalue weighted by Crippen LogP contribution is 2.61. The van der Waals surface area contributed by atoms with Crippen LogP contribution in [0, 0.1) is 87.3 Å². The molecule has 0 bridgehead atoms. The van der Waals surface area contributed by atoms with E-state index < -0.39 is 128 Å². The summed E-state index contributed by atoms with van der Waals surface area (Å²) in [7, 11) is -3.47. The van der Waals surface area contributed by atoms with E-state index in [1.165, 1.54) is 41.5 Å². The average molecular weight is 674 g/mol. The van der Waals surface area contributed by atoms with Crippen molar-refractivity contribution in [3.05, 3.63) is 87.3 Å². The Labute approximate surface area is 240 Å². The van der Waals surface area contributed by atoms with Crippen LogP contribution in [0.2, 0.25) is 0 Å². The van der Waals surface area contributed by atoms with E-state index in [9.17, 15) is 39.5 Å². The fourth-order valence-electron chi connectivity index (χ4n) is 5.20. The average Bonchev–Trinajstić information content (AvgIpc) is 2.92. The Balaban J connectivity index is 2.98. The van der Waals surface area contributed by atoms with Crippen LogP contribution in [0.25, 0.3) is 0 Å². The van der Waals surface area contributed by atoms with Gasteiger partial charge in [0.2, 0.25) is 0 Å². The SMILES string of the molecule is CC(C)(C)[PH+](O[B-](c1c(F)c(F)c(F)c(F)c1F)(c1c(F)c(F)c(F)c(F)c1F)c1c(F)c(F)c(F)c(F)c1F)C(C)(C)C. The van der Waals surface area contributed by atoms with Crippen LogP contribution >= 0.6 is 8.15 Å². The van der Waals surface area contributed by atoms with Gasteiger partial charge in [-0.15, -0.1) is 0 Å². The van der Waals surface area contributed by atoms with Crippen LogP contribution in [0.15, 0.2) is 0 Å². The van der Waals surface area contributed by atoms with Gasteiger partial charge < -0.3 is 4.44 Å². The minimum absolute atomic E-state index is 1.23. The van der Waals surface area contributed by atoms with E-state index in [0.29, 0.717) is 0 Å². The number of rotatable bonds is 5. The summed E-state index contributed by atoms with van der Waals surface area (Å²) < 4.78 is 229. The van der Waals surface area contributed by atoms with E-state index in [2.05, 4.69) is 0 Å². The summed E-state index contributed by atoms with van der Waals surface area (Å²) >= 11 is 0. The fraction of sp³-hybridized carbons (Fsp3) is 0.308. The Bertz CT molecular complexity index is 1410. The normalized spacial score (nSPS) is 13.0. The molecule has 3 rings (SSSR count). The van der Waals surface area contributed by atoms with E-state index in [-0.39, 0.29) is 0 Å². The maximum absolute atomic E-state index is 15.6. The highest BCUT2D eigenvalue weighted by Gasteiger charge is 2.56. The first-order chi connectivity index (χ1) is 19.9. The Kier molecular flexibility index (Phi) is 9.25. The van der Waals surface area contributed by atoms with Crippen LogP contribution in [0.1, 0.15) is 41.5 Å². The number of benzene rings is 3. The molecule has 18 heteroatoms. The van der Waals surface area contributed by atoms with Crippen molar-refractivity contribution in [1.29, 1.82) is 0 Å². The molecule has 0 aliphatic heterocycles. The monoisotopic (exact) mass is 674 g/mol. The van der Waals surface area contributed by atoms with Crippen molar-refractivity contribution in [3.8, 4) is 0 Å². The highest BCUT2D eigenvalue weighted by atomic mass is 31.1. The standard InChI is InChI=1S/C26H18BF15OP/c1-25(2,3)44(26(4,5)6)43-27(7-10(28)16(34)22(40)17(35)11(7)29,8-12(30)18(36)23(41)19(37)13(8)31)9-14(32)20(38)24(42)21(39)15(9)33/h1-6H3/q-1/p+1. The lowest BCUT2D eigenvalue weighted by Crippen LogP contribution is -2.75. The maximum Gasteiger partial charge on any atom is 0.262 e. The van der Waals surface area contributed by atoms with Crippen LogP contribution in [0.3, 0.4) is 0 Å². The highest BCUT2D eigenvalue weighted by molar-refractivity contribution is 7.58. The molecule has 0 spiro atoms. The Morgan fingerprint density at radius 2 is 0.500 bits per heavy atom. The van der Waals surface area contributed by atoms with Gasteiger partial charge in [-0.05, 0) is 41.5 Å². The van der Waals surface area contributed by atoms with E-state index >= 15 is 26.3 Å². The second-order valence-corrected chi connectivity index (χ2v) is 15.6. The third kappa shape index (κ3) is 5.23. The molecule has 3 aromatic rings. The summed E-state index contributed by atoms with van der Waals surface area (Å²) in [5.41, 5.74) is -8.32. The van der Waals surface area contributed by atoms with Crippen molar-refractivity contribution >= 4 is 30.9 Å². The maximum atomic E-state index is 15.6. The van der Waals surface area contributed by atoms with Crippen molar-refractivity contribution in [2.24, 2.45) is 0 Å². The molecule has 0 aliphatic rings. The quantitative estimate of drug-likeness (QED) is 0.0898. The lowest BCUT2D eigenvalue weighted by atomic mass is 9.28. The van der Waals surface area contributed by atoms with Crippen molar-refractivity contribution < 1.29 is 70.3 Å². The largest absolute Gasteiger partial charge is 0.425 e. The zero-order chi connectivity index (χ0) is 34.2. The second kappa shape index (κ2) is 11.5. The topological polar surface area (TPSA) is 9.23 Å². The molecule has 0 fully saturated rings. The van der Waals surface area contributed by atoms with Crippen molar-refractivity contribution in [1.82, 2.24) is 0 Å². The zero-order valence-corrected chi connectivity index (χ0v) is 24.2.